The van der Waals surface area contributed by atoms with E-state index >= 15 is 0 Å². The van der Waals surface area contributed by atoms with E-state index in [1.165, 1.54) is 48.1 Å². The Morgan fingerprint density at radius 2 is 0.649 bits per heavy atom. The third-order valence-electron chi connectivity index (χ3n) is 7.97. The van der Waals surface area contributed by atoms with Crippen LogP contribution in [-0.2, 0) is 41.2 Å². The Labute approximate surface area is 361 Å². The van der Waals surface area contributed by atoms with E-state index in [9.17, 15) is 43.9 Å². The van der Waals surface area contributed by atoms with Crippen molar-refractivity contribution in [1.82, 2.24) is 0 Å². The molecule has 0 spiro atoms. The predicted molar refractivity (Wildman–Crippen MR) is 199 cm³/mol. The molecular weight excluding hydrogens is 1140 g/mol. The molecule has 0 N–H and O–H groups in total. The van der Waals surface area contributed by atoms with Gasteiger partial charge in [0.25, 0.3) is 0 Å². The van der Waals surface area contributed by atoms with Crippen molar-refractivity contribution in [2.75, 3.05) is 18.5 Å². The van der Waals surface area contributed by atoms with Crippen LogP contribution in [0.4, 0.5) is 43.9 Å². The second-order valence-electron chi connectivity index (χ2n) is 11.1. The molecule has 1 fully saturated rings. The first-order chi connectivity index (χ1) is 25.8. The van der Waals surface area contributed by atoms with Crippen molar-refractivity contribution in [3.63, 3.8) is 0 Å². The Balaban J connectivity index is -0.000000614. The minimum atomic E-state index is -2.17. The van der Waals surface area contributed by atoms with Gasteiger partial charge in [-0.3, -0.25) is 29.4 Å². The molecule has 57 heavy (non-hydrogen) atoms. The van der Waals surface area contributed by atoms with Gasteiger partial charge in [-0.1, -0.05) is 91.8 Å². The summed E-state index contributed by atoms with van der Waals surface area (Å²) in [7, 11) is 0.446. The fourth-order valence-corrected chi connectivity index (χ4v) is 5.45. The smallest absolute Gasteiger partial charge is 0.366 e. The summed E-state index contributed by atoms with van der Waals surface area (Å²) in [5, 5.41) is 0. The minimum absolute atomic E-state index is 0. The topological polar surface area (TPSA) is 0 Å². The standard InChI is InChI=1S/C10H15.2C8H5.2C6F5.C6H15P.Ir.Pt/c1-6-7(2)9(4)10(5)8(6)3;2*1-2-8-6-4-3-5-7-8;2*7-2-1-3(8)5(10)6(11)4(2)9;1-4-7(5-2)6-3;;/h1-5H3;2*3-7H;;;4-6H2,1-3H3;;/q;4*-1;;+3;+2. The zero-order valence-electron chi connectivity index (χ0n) is 32.3. The van der Waals surface area contributed by atoms with Gasteiger partial charge in [-0.15, -0.1) is 55.4 Å². The minimum Gasteiger partial charge on any atom is -0.366 e. The van der Waals surface area contributed by atoms with Crippen molar-refractivity contribution in [2.45, 2.75) is 55.4 Å². The van der Waals surface area contributed by atoms with Gasteiger partial charge >= 0.3 is 41.2 Å². The van der Waals surface area contributed by atoms with Crippen LogP contribution in [0.1, 0.15) is 66.5 Å². The van der Waals surface area contributed by atoms with Gasteiger partial charge in [0.2, 0.25) is 0 Å². The van der Waals surface area contributed by atoms with Crippen LogP contribution in [-0.4, -0.2) is 18.5 Å². The van der Waals surface area contributed by atoms with Crippen LogP contribution in [0.5, 0.6) is 0 Å². The van der Waals surface area contributed by atoms with E-state index in [0.29, 0.717) is 7.92 Å². The molecule has 0 aromatic heterocycles. The molecule has 4 aromatic carbocycles. The van der Waals surface area contributed by atoms with E-state index in [4.69, 9.17) is 12.8 Å². The van der Waals surface area contributed by atoms with Gasteiger partial charge in [-0.05, 0) is 48.1 Å². The number of hydrogen-bond acceptors (Lipinski definition) is 0. The second-order valence-corrected chi connectivity index (χ2v) is 14.4. The Bertz CT molecular complexity index is 1580. The van der Waals surface area contributed by atoms with Crippen molar-refractivity contribution in [2.24, 2.45) is 0 Å². The molecule has 1 aliphatic carbocycles. The van der Waals surface area contributed by atoms with Crippen LogP contribution in [0.3, 0.4) is 0 Å². The first kappa shape index (κ1) is 58.4. The van der Waals surface area contributed by atoms with Crippen LogP contribution < -0.4 is 0 Å². The summed E-state index contributed by atoms with van der Waals surface area (Å²) in [6.45, 7) is 17.9. The SMILES string of the molecule is CCP(CC)CC.C[C]1[C](C)[C](C)[C](C)[C]1C.Fc1[c-]c(F)c(F)c(F)c1F.Fc1[c-]c(F)c(F)c(F)c1F.[C-]#Cc1ccccc1.[C-]#Cc1ccccc1.[Ir+3].[Pt+2]. The third-order valence-corrected chi connectivity index (χ3v) is 10.7. The normalized spacial score (nSPS) is 12.4. The zero-order valence-corrected chi connectivity index (χ0v) is 37.8. The van der Waals surface area contributed by atoms with Gasteiger partial charge in [0.1, 0.15) is 0 Å². The van der Waals surface area contributed by atoms with E-state index in [1.54, 1.807) is 0 Å². The largest absolute Gasteiger partial charge is 3.00 e. The van der Waals surface area contributed by atoms with Gasteiger partial charge in [0, 0.05) is 0 Å². The van der Waals surface area contributed by atoms with Gasteiger partial charge in [0.15, 0.2) is 0 Å². The van der Waals surface area contributed by atoms with Crippen LogP contribution in [0, 0.1) is 125 Å². The molecule has 13 heteroatoms. The Morgan fingerprint density at radius 1 is 0.439 bits per heavy atom. The fourth-order valence-electron chi connectivity index (χ4n) is 4.11. The summed E-state index contributed by atoms with van der Waals surface area (Å²) in [4.78, 5) is 0. The van der Waals surface area contributed by atoms with Crippen molar-refractivity contribution in [3.05, 3.63) is 185 Å². The molecule has 0 nitrogen and oxygen atoms in total. The molecule has 0 aliphatic heterocycles. The maximum atomic E-state index is 12.0. The first-order valence-electron chi connectivity index (χ1n) is 16.5. The molecule has 5 rings (SSSR count). The summed E-state index contributed by atoms with van der Waals surface area (Å²) < 4.78 is 120. The summed E-state index contributed by atoms with van der Waals surface area (Å²) in [6.07, 6.45) is 17.6. The third kappa shape index (κ3) is 20.1. The number of benzene rings is 4. The van der Waals surface area contributed by atoms with E-state index < -0.39 is 58.2 Å². The van der Waals surface area contributed by atoms with Crippen LogP contribution in [0.2, 0.25) is 0 Å². The van der Waals surface area contributed by atoms with Crippen molar-refractivity contribution in [1.29, 1.82) is 0 Å². The first-order valence-corrected chi connectivity index (χ1v) is 18.4. The summed E-state index contributed by atoms with van der Waals surface area (Å²) in [6, 6.07) is 20.8. The quantitative estimate of drug-likeness (QED) is 0.0479. The molecule has 0 amide bonds. The molecule has 0 bridgehead atoms. The molecule has 0 unspecified atom stereocenters. The fraction of sp³-hybridized carbons (Fsp3) is 0.250. The average molecular weight is 1180 g/mol. The molecule has 309 valence electrons. The van der Waals surface area contributed by atoms with E-state index in [2.05, 4.69) is 67.2 Å². The van der Waals surface area contributed by atoms with Gasteiger partial charge < -0.3 is 12.8 Å². The molecule has 1 aliphatic rings. The summed E-state index contributed by atoms with van der Waals surface area (Å²) in [5.74, 6) is -8.20. The van der Waals surface area contributed by atoms with Crippen molar-refractivity contribution in [3.8, 4) is 11.8 Å². The van der Waals surface area contributed by atoms with E-state index in [-0.39, 0.29) is 41.2 Å². The van der Waals surface area contributed by atoms with Gasteiger partial charge in [-0.2, -0.15) is 0 Å². The van der Waals surface area contributed by atoms with Gasteiger partial charge in [-0.25, -0.2) is 26.3 Å². The second kappa shape index (κ2) is 31.1. The molecule has 0 atom stereocenters. The summed E-state index contributed by atoms with van der Waals surface area (Å²) in [5.41, 5.74) is 1.65. The molecule has 1 saturated carbocycles. The zero-order chi connectivity index (χ0) is 42.4. The van der Waals surface area contributed by atoms with Crippen LogP contribution in [0.15, 0.2) is 60.7 Å². The number of rotatable bonds is 3. The molecule has 4 aromatic rings. The number of hydrogen-bond donors (Lipinski definition) is 0. The Hall–Kier alpha value is -2.93. The predicted octanol–water partition coefficient (Wildman–Crippen LogP) is 13.1. The van der Waals surface area contributed by atoms with Gasteiger partial charge in [0.05, 0.1) is 58.2 Å². The molecular formula is C44H40F10IrPPt+. The average Bonchev–Trinajstić information content (AvgIpc) is 3.37. The monoisotopic (exact) mass is 1180 g/mol. The Kier molecular flexibility index (Phi) is 31.8. The Morgan fingerprint density at radius 3 is 0.789 bits per heavy atom. The summed E-state index contributed by atoms with van der Waals surface area (Å²) >= 11 is 0. The van der Waals surface area contributed by atoms with Crippen LogP contribution in [0.25, 0.3) is 0 Å². The van der Waals surface area contributed by atoms with Crippen LogP contribution >= 0.6 is 7.92 Å². The maximum absolute atomic E-state index is 12.0. The van der Waals surface area contributed by atoms with Crippen molar-refractivity contribution < 1.29 is 85.1 Å². The maximum Gasteiger partial charge on any atom is 3.00 e. The van der Waals surface area contributed by atoms with Crippen molar-refractivity contribution >= 4 is 7.92 Å². The van der Waals surface area contributed by atoms with E-state index in [1.807, 2.05) is 60.7 Å². The van der Waals surface area contributed by atoms with E-state index in [0.717, 1.165) is 23.3 Å². The molecule has 0 saturated heterocycles. The number of halogens is 10. The molecule has 0 heterocycles. The molecule has 5 radical (unpaired) electrons.